The second-order valence-corrected chi connectivity index (χ2v) is 19.7. The number of aliphatic hydroxyl groups is 3. The number of esters is 3. The van der Waals surface area contributed by atoms with Crippen LogP contribution in [-0.2, 0) is 28.6 Å². The van der Waals surface area contributed by atoms with Crippen LogP contribution in [0, 0.1) is 0 Å². The third-order valence-corrected chi connectivity index (χ3v) is 13.0. The predicted molar refractivity (Wildman–Crippen MR) is 284 cm³/mol. The summed E-state index contributed by atoms with van der Waals surface area (Å²) >= 11 is 0. The summed E-state index contributed by atoms with van der Waals surface area (Å²) in [4.78, 5) is 38.2. The molecule has 0 aliphatic heterocycles. The average Bonchev–Trinajstić information content (AvgIpc) is 3.33. The van der Waals surface area contributed by atoms with E-state index < -0.39 is 30.4 Å². The molecule has 6 atom stereocenters. The minimum Gasteiger partial charge on any atom is -0.462 e. The molecule has 0 aliphatic carbocycles. The van der Waals surface area contributed by atoms with Crippen LogP contribution in [-0.4, -0.2) is 89.0 Å². The van der Waals surface area contributed by atoms with Crippen molar-refractivity contribution in [2.24, 2.45) is 17.2 Å². The number of unbranched alkanes of at least 4 members (excludes halogenated alkanes) is 21. The predicted octanol–water partition coefficient (Wildman–Crippen LogP) is 11.8. The van der Waals surface area contributed by atoms with Gasteiger partial charge in [0.05, 0.1) is 18.3 Å². The van der Waals surface area contributed by atoms with Gasteiger partial charge in [0.2, 0.25) is 0 Å². The molecule has 0 radical (unpaired) electrons. The first-order valence-electron chi connectivity index (χ1n) is 28.2. The number of carbonyl (C=O) groups excluding carboxylic acids is 3. The van der Waals surface area contributed by atoms with Gasteiger partial charge in [0.1, 0.15) is 13.2 Å². The zero-order chi connectivity index (χ0) is 51.0. The lowest BCUT2D eigenvalue weighted by atomic mass is 10.0. The van der Waals surface area contributed by atoms with Crippen molar-refractivity contribution in [1.29, 1.82) is 0 Å². The number of carbonyl (C=O) groups is 3. The van der Waals surface area contributed by atoms with Gasteiger partial charge in [-0.05, 0) is 96.3 Å². The summed E-state index contributed by atoms with van der Waals surface area (Å²) in [5.74, 6) is -1.11. The Morgan fingerprint density at radius 2 is 0.681 bits per heavy atom. The van der Waals surface area contributed by atoms with Gasteiger partial charge in [0, 0.05) is 37.4 Å². The number of nitrogens with two attached hydrogens (primary N) is 3. The summed E-state index contributed by atoms with van der Waals surface area (Å²) < 4.78 is 16.7. The maximum absolute atomic E-state index is 12.9. The molecule has 0 saturated carbocycles. The highest BCUT2D eigenvalue weighted by atomic mass is 16.6. The van der Waals surface area contributed by atoms with Crippen LogP contribution in [0.15, 0.2) is 36.5 Å². The minimum absolute atomic E-state index is 0.156. The summed E-state index contributed by atoms with van der Waals surface area (Å²) in [5.41, 5.74) is 18.3. The van der Waals surface area contributed by atoms with E-state index in [1.54, 1.807) is 0 Å². The smallest absolute Gasteiger partial charge is 0.306 e. The molecule has 0 spiro atoms. The van der Waals surface area contributed by atoms with Gasteiger partial charge in [-0.1, -0.05) is 173 Å². The number of allylic oxidation sites excluding steroid dienone is 3. The number of aliphatic hydroxyl groups excluding tert-OH is 3. The molecule has 12 nitrogen and oxygen atoms in total. The normalized spacial score (nSPS) is 15.1. The minimum atomic E-state index is -0.862. The Labute approximate surface area is 421 Å². The first-order valence-corrected chi connectivity index (χ1v) is 28.2. The Balaban J connectivity index is 4.61. The van der Waals surface area contributed by atoms with Crippen LogP contribution in [0.3, 0.4) is 0 Å². The molecule has 404 valence electrons. The van der Waals surface area contributed by atoms with E-state index in [4.69, 9.17) is 31.4 Å². The fourth-order valence-corrected chi connectivity index (χ4v) is 8.11. The summed E-state index contributed by atoms with van der Waals surface area (Å²) in [6.45, 7) is 6.16. The van der Waals surface area contributed by atoms with Crippen molar-refractivity contribution in [2.75, 3.05) is 13.2 Å². The van der Waals surface area contributed by atoms with Crippen molar-refractivity contribution in [2.45, 2.75) is 294 Å². The average molecular weight is 978 g/mol. The molecule has 69 heavy (non-hydrogen) atoms. The molecule has 0 aliphatic rings. The van der Waals surface area contributed by atoms with E-state index in [0.717, 1.165) is 173 Å². The van der Waals surface area contributed by atoms with Crippen LogP contribution >= 0.6 is 0 Å². The highest BCUT2D eigenvalue weighted by molar-refractivity contribution is 5.71. The molecule has 0 aromatic carbocycles. The third-order valence-electron chi connectivity index (χ3n) is 13.0. The second kappa shape index (κ2) is 49.0. The Morgan fingerprint density at radius 1 is 0.391 bits per heavy atom. The molecule has 0 fully saturated rings. The first kappa shape index (κ1) is 66.4. The van der Waals surface area contributed by atoms with Gasteiger partial charge < -0.3 is 46.7 Å². The number of hydrogen-bond donors (Lipinski definition) is 6. The summed E-state index contributed by atoms with van der Waals surface area (Å²) in [7, 11) is 0. The van der Waals surface area contributed by atoms with Crippen LogP contribution in [0.5, 0.6) is 0 Å². The molecule has 0 bridgehead atoms. The molecular weight excluding hydrogens is 871 g/mol. The molecule has 0 heterocycles. The topological polar surface area (TPSA) is 218 Å². The lowest BCUT2D eigenvalue weighted by molar-refractivity contribution is -0.167. The molecule has 0 amide bonds. The maximum Gasteiger partial charge on any atom is 0.306 e. The maximum atomic E-state index is 12.9. The van der Waals surface area contributed by atoms with Gasteiger partial charge in [-0.15, -0.1) is 0 Å². The monoisotopic (exact) mass is 978 g/mol. The van der Waals surface area contributed by atoms with E-state index in [0.29, 0.717) is 38.5 Å². The number of ether oxygens (including phenoxy) is 3. The van der Waals surface area contributed by atoms with Crippen molar-refractivity contribution in [1.82, 2.24) is 0 Å². The second-order valence-electron chi connectivity index (χ2n) is 19.7. The summed E-state index contributed by atoms with van der Waals surface area (Å²) in [5, 5.41) is 30.8. The van der Waals surface area contributed by atoms with Crippen LogP contribution in [0.2, 0.25) is 0 Å². The lowest BCUT2D eigenvalue weighted by Gasteiger charge is -2.18. The van der Waals surface area contributed by atoms with Gasteiger partial charge >= 0.3 is 17.9 Å². The zero-order valence-electron chi connectivity index (χ0n) is 44.4. The largest absolute Gasteiger partial charge is 0.462 e. The molecule has 0 aromatic heterocycles. The Hall–Kier alpha value is -2.61. The highest BCUT2D eigenvalue weighted by Crippen LogP contribution is 2.15. The van der Waals surface area contributed by atoms with E-state index >= 15 is 0 Å². The van der Waals surface area contributed by atoms with Crippen molar-refractivity contribution in [3.63, 3.8) is 0 Å². The third kappa shape index (κ3) is 43.9. The van der Waals surface area contributed by atoms with Crippen molar-refractivity contribution >= 4 is 17.9 Å². The van der Waals surface area contributed by atoms with Crippen molar-refractivity contribution < 1.29 is 43.9 Å². The summed E-state index contributed by atoms with van der Waals surface area (Å²) in [6, 6.07) is -0.505. The standard InChI is InChI=1S/C57H107N3O9/c1-4-7-28-37-49(58)52(61)40-31-22-16-10-13-19-25-34-43-55(64)67-46-48(69-57(66)45-36-27-21-15-12-18-24-33-42-54(63)51(60)39-30-9-6-3)47-68-56(65)44-35-26-20-14-11-17-23-32-41-53(62)50(59)38-29-8-5-2/h22-24,31-33,48-54,61-63H,4-21,25-30,34-47,58-60H2,1-3H3/b31-22+,32-23+,33-24+. The Kier molecular flexibility index (Phi) is 47.1. The zero-order valence-corrected chi connectivity index (χ0v) is 44.4. The fourth-order valence-electron chi connectivity index (χ4n) is 8.11. The number of rotatable bonds is 50. The van der Waals surface area contributed by atoms with Crippen molar-refractivity contribution in [3.8, 4) is 0 Å². The Bertz CT molecular complexity index is 1220. The van der Waals surface area contributed by atoms with Gasteiger partial charge in [0.25, 0.3) is 0 Å². The summed E-state index contributed by atoms with van der Waals surface area (Å²) in [6.07, 6.45) is 42.2. The molecule has 6 unspecified atom stereocenters. The van der Waals surface area contributed by atoms with Crippen molar-refractivity contribution in [3.05, 3.63) is 36.5 Å². The van der Waals surface area contributed by atoms with Gasteiger partial charge in [-0.2, -0.15) is 0 Å². The van der Waals surface area contributed by atoms with Crippen LogP contribution in [0.4, 0.5) is 0 Å². The van der Waals surface area contributed by atoms with Gasteiger partial charge in [-0.3, -0.25) is 14.4 Å². The SMILES string of the molecule is CCCCCC(N)C(O)C/C=C/CCCCCCCC(=O)OCC(COC(=O)CCCCCCC/C=C/CC(O)C(N)CCCCC)OC(=O)CCCCCCC/C=C/CC(O)C(N)CCCCC. The van der Waals surface area contributed by atoms with Crippen LogP contribution in [0.1, 0.15) is 252 Å². The van der Waals surface area contributed by atoms with E-state index in [9.17, 15) is 29.7 Å². The highest BCUT2D eigenvalue weighted by Gasteiger charge is 2.20. The molecule has 0 aromatic rings. The molecular formula is C57H107N3O9. The van der Waals surface area contributed by atoms with E-state index in [1.807, 2.05) is 18.2 Å². The van der Waals surface area contributed by atoms with Crippen LogP contribution < -0.4 is 17.2 Å². The van der Waals surface area contributed by atoms with E-state index in [1.165, 1.54) is 0 Å². The lowest BCUT2D eigenvalue weighted by Crippen LogP contribution is -2.34. The molecule has 9 N–H and O–H groups in total. The quantitative estimate of drug-likeness (QED) is 0.0145. The first-order chi connectivity index (χ1) is 33.4. The van der Waals surface area contributed by atoms with Gasteiger partial charge in [-0.25, -0.2) is 0 Å². The van der Waals surface area contributed by atoms with E-state index in [2.05, 4.69) is 39.0 Å². The van der Waals surface area contributed by atoms with Gasteiger partial charge in [0.15, 0.2) is 6.10 Å². The van der Waals surface area contributed by atoms with Crippen LogP contribution in [0.25, 0.3) is 0 Å². The molecule has 0 rings (SSSR count). The number of hydrogen-bond acceptors (Lipinski definition) is 12. The Morgan fingerprint density at radius 3 is 1.00 bits per heavy atom. The fraction of sp³-hybridized carbons (Fsp3) is 0.842. The molecule has 12 heteroatoms. The molecule has 0 saturated heterocycles. The van der Waals surface area contributed by atoms with E-state index in [-0.39, 0.29) is 62.5 Å².